The van der Waals surface area contributed by atoms with Gasteiger partial charge >= 0.3 is 4.83 Å². The minimum atomic E-state index is -3.16. The van der Waals surface area contributed by atoms with Crippen LogP contribution in [-0.2, 0) is 0 Å². The number of rotatable bonds is 1. The molecule has 0 amide bonds. The van der Waals surface area contributed by atoms with Crippen molar-refractivity contribution >= 4 is 15.9 Å². The minimum absolute atomic E-state index is 0.142. The number of hydrogen-bond donors (Lipinski definition) is 1. The number of alkyl halides is 3. The molecular weight excluding hydrogens is 266 g/mol. The molecule has 1 saturated carbocycles. The second-order valence-corrected chi connectivity index (χ2v) is 6.67. The molecule has 1 nitrogen and oxygen atoms in total. The van der Waals surface area contributed by atoms with E-state index in [0.29, 0.717) is 18.8 Å². The standard InChI is InChI=1S/C11H19BrF2O/c1-9(2,3)8-4-6-10(15,7-5-8)11(12,13)14/h8,15H,4-7H2,1-3H3. The fourth-order valence-electron chi connectivity index (χ4n) is 2.24. The fraction of sp³-hybridized carbons (Fsp3) is 1.00. The molecule has 0 atom stereocenters. The van der Waals surface area contributed by atoms with Crippen LogP contribution in [0.4, 0.5) is 8.78 Å². The predicted molar refractivity (Wildman–Crippen MR) is 60.2 cm³/mol. The van der Waals surface area contributed by atoms with E-state index in [9.17, 15) is 13.9 Å². The highest BCUT2D eigenvalue weighted by Gasteiger charge is 2.52. The van der Waals surface area contributed by atoms with Gasteiger partial charge in [0.05, 0.1) is 0 Å². The first-order valence-electron chi connectivity index (χ1n) is 5.35. The third-order valence-corrected chi connectivity index (χ3v) is 4.30. The van der Waals surface area contributed by atoms with Crippen LogP contribution in [0.15, 0.2) is 0 Å². The summed E-state index contributed by atoms with van der Waals surface area (Å²) in [6.07, 6.45) is 1.68. The topological polar surface area (TPSA) is 20.2 Å². The van der Waals surface area contributed by atoms with Crippen LogP contribution in [0.5, 0.6) is 0 Å². The van der Waals surface area contributed by atoms with Crippen molar-refractivity contribution in [3.8, 4) is 0 Å². The molecule has 0 spiro atoms. The van der Waals surface area contributed by atoms with Gasteiger partial charge in [0, 0.05) is 0 Å². The quantitative estimate of drug-likeness (QED) is 0.723. The normalized spacial score (nSPS) is 34.2. The summed E-state index contributed by atoms with van der Waals surface area (Å²) in [7, 11) is 0. The van der Waals surface area contributed by atoms with Crippen molar-refractivity contribution in [3.05, 3.63) is 0 Å². The lowest BCUT2D eigenvalue weighted by atomic mass is 9.68. The molecule has 0 aromatic heterocycles. The van der Waals surface area contributed by atoms with Gasteiger partial charge in [0.2, 0.25) is 0 Å². The summed E-state index contributed by atoms with van der Waals surface area (Å²) in [5, 5.41) is 9.79. The minimum Gasteiger partial charge on any atom is -0.383 e. The molecule has 1 rings (SSSR count). The van der Waals surface area contributed by atoms with Gasteiger partial charge in [-0.3, -0.25) is 0 Å². The Morgan fingerprint density at radius 1 is 1.20 bits per heavy atom. The van der Waals surface area contributed by atoms with E-state index >= 15 is 0 Å². The van der Waals surface area contributed by atoms with Crippen LogP contribution in [0.25, 0.3) is 0 Å². The molecule has 0 aromatic carbocycles. The van der Waals surface area contributed by atoms with E-state index in [1.807, 2.05) is 0 Å². The first-order chi connectivity index (χ1) is 6.56. The first kappa shape index (κ1) is 13.4. The Labute approximate surface area is 98.4 Å². The zero-order valence-corrected chi connectivity index (χ0v) is 11.1. The number of hydrogen-bond acceptors (Lipinski definition) is 1. The van der Waals surface area contributed by atoms with Crippen LogP contribution in [0, 0.1) is 11.3 Å². The van der Waals surface area contributed by atoms with E-state index in [1.54, 1.807) is 0 Å². The van der Waals surface area contributed by atoms with Gasteiger partial charge in [-0.15, -0.1) is 0 Å². The fourth-order valence-corrected chi connectivity index (χ4v) is 2.64. The van der Waals surface area contributed by atoms with Gasteiger partial charge < -0.3 is 5.11 Å². The van der Waals surface area contributed by atoms with Crippen molar-refractivity contribution in [2.45, 2.75) is 56.9 Å². The van der Waals surface area contributed by atoms with E-state index in [2.05, 4.69) is 36.7 Å². The number of halogens is 3. The van der Waals surface area contributed by atoms with Gasteiger partial charge in [0.15, 0.2) is 0 Å². The van der Waals surface area contributed by atoms with E-state index in [1.165, 1.54) is 0 Å². The Bertz CT molecular complexity index is 222. The molecule has 0 heterocycles. The number of aliphatic hydroxyl groups is 1. The van der Waals surface area contributed by atoms with Crippen LogP contribution in [0.1, 0.15) is 46.5 Å². The molecule has 0 aliphatic heterocycles. The Kier molecular flexibility index (Phi) is 3.52. The molecule has 1 N–H and O–H groups in total. The zero-order chi connectivity index (χ0) is 11.9. The maximum Gasteiger partial charge on any atom is 0.329 e. The molecule has 1 aliphatic carbocycles. The molecular formula is C11H19BrF2O. The lowest BCUT2D eigenvalue weighted by Gasteiger charge is -2.42. The summed E-state index contributed by atoms with van der Waals surface area (Å²) in [4.78, 5) is -3.16. The van der Waals surface area contributed by atoms with Crippen molar-refractivity contribution in [3.63, 3.8) is 0 Å². The van der Waals surface area contributed by atoms with Gasteiger partial charge in [0.25, 0.3) is 0 Å². The highest BCUT2D eigenvalue weighted by atomic mass is 79.9. The lowest BCUT2D eigenvalue weighted by Crippen LogP contribution is -2.48. The van der Waals surface area contributed by atoms with Gasteiger partial charge in [-0.25, -0.2) is 0 Å². The molecule has 90 valence electrons. The maximum absolute atomic E-state index is 13.1. The van der Waals surface area contributed by atoms with Crippen LogP contribution in [-0.4, -0.2) is 15.5 Å². The van der Waals surface area contributed by atoms with Crippen molar-refractivity contribution < 1.29 is 13.9 Å². The molecule has 0 aromatic rings. The molecule has 0 saturated heterocycles. The van der Waals surface area contributed by atoms with E-state index < -0.39 is 10.4 Å². The highest BCUT2D eigenvalue weighted by Crippen LogP contribution is 2.48. The van der Waals surface area contributed by atoms with Crippen molar-refractivity contribution in [1.29, 1.82) is 0 Å². The average molecular weight is 285 g/mol. The van der Waals surface area contributed by atoms with Gasteiger partial charge in [-0.2, -0.15) is 8.78 Å². The Hall–Kier alpha value is 0.300. The maximum atomic E-state index is 13.1. The van der Waals surface area contributed by atoms with Crippen LogP contribution < -0.4 is 0 Å². The SMILES string of the molecule is CC(C)(C)C1CCC(O)(C(F)(F)Br)CC1. The Balaban J connectivity index is 2.64. The lowest BCUT2D eigenvalue weighted by molar-refractivity contribution is -0.144. The molecule has 1 fully saturated rings. The molecule has 4 heteroatoms. The summed E-state index contributed by atoms with van der Waals surface area (Å²) < 4.78 is 26.2. The van der Waals surface area contributed by atoms with E-state index in [4.69, 9.17) is 0 Å². The third-order valence-electron chi connectivity index (χ3n) is 3.57. The molecule has 15 heavy (non-hydrogen) atoms. The zero-order valence-electron chi connectivity index (χ0n) is 9.49. The van der Waals surface area contributed by atoms with Crippen molar-refractivity contribution in [1.82, 2.24) is 0 Å². The molecule has 1 aliphatic rings. The second kappa shape index (κ2) is 3.95. The molecule has 0 radical (unpaired) electrons. The monoisotopic (exact) mass is 284 g/mol. The summed E-state index contributed by atoms with van der Waals surface area (Å²) in [6.45, 7) is 6.36. The van der Waals surface area contributed by atoms with Gasteiger partial charge in [-0.1, -0.05) is 20.8 Å². The Morgan fingerprint density at radius 2 is 1.60 bits per heavy atom. The largest absolute Gasteiger partial charge is 0.383 e. The smallest absolute Gasteiger partial charge is 0.329 e. The Morgan fingerprint density at radius 3 is 1.87 bits per heavy atom. The first-order valence-corrected chi connectivity index (χ1v) is 6.15. The van der Waals surface area contributed by atoms with Gasteiger partial charge in [-0.05, 0) is 52.9 Å². The van der Waals surface area contributed by atoms with Crippen molar-refractivity contribution in [2.75, 3.05) is 0 Å². The van der Waals surface area contributed by atoms with E-state index in [-0.39, 0.29) is 18.3 Å². The molecule has 0 unspecified atom stereocenters. The average Bonchev–Trinajstić information content (AvgIpc) is 2.01. The molecule has 0 bridgehead atoms. The summed E-state index contributed by atoms with van der Waals surface area (Å²) in [5.41, 5.74) is -1.71. The summed E-state index contributed by atoms with van der Waals surface area (Å²) >= 11 is 2.28. The van der Waals surface area contributed by atoms with Gasteiger partial charge in [0.1, 0.15) is 5.60 Å². The van der Waals surface area contributed by atoms with Crippen molar-refractivity contribution in [2.24, 2.45) is 11.3 Å². The summed E-state index contributed by atoms with van der Waals surface area (Å²) in [5.74, 6) is 0.424. The van der Waals surface area contributed by atoms with E-state index in [0.717, 1.165) is 0 Å². The predicted octanol–water partition coefficient (Wildman–Crippen LogP) is 3.94. The second-order valence-electron chi connectivity index (χ2n) is 5.67. The van der Waals surface area contributed by atoms with Crippen LogP contribution in [0.2, 0.25) is 0 Å². The van der Waals surface area contributed by atoms with Crippen LogP contribution in [0.3, 0.4) is 0 Å². The summed E-state index contributed by atoms with van der Waals surface area (Å²) in [6, 6.07) is 0. The highest BCUT2D eigenvalue weighted by molar-refractivity contribution is 9.10. The third kappa shape index (κ3) is 2.90. The van der Waals surface area contributed by atoms with Crippen LogP contribution >= 0.6 is 15.9 Å².